The largest absolute Gasteiger partial charge is 0.452 e. The molecule has 1 amide bonds. The van der Waals surface area contributed by atoms with Gasteiger partial charge >= 0.3 is 5.97 Å². The lowest BCUT2D eigenvalue weighted by Crippen LogP contribution is -2.40. The number of rotatable bonds is 4. The highest BCUT2D eigenvalue weighted by Crippen LogP contribution is 2.33. The molecule has 1 aliphatic heterocycles. The third-order valence-electron chi connectivity index (χ3n) is 5.57. The van der Waals surface area contributed by atoms with Gasteiger partial charge in [0.1, 0.15) is 0 Å². The van der Waals surface area contributed by atoms with Crippen molar-refractivity contribution in [3.8, 4) is 0 Å². The van der Waals surface area contributed by atoms with Gasteiger partial charge < -0.3 is 9.64 Å². The number of sulfone groups is 1. The van der Waals surface area contributed by atoms with Gasteiger partial charge in [0.05, 0.1) is 17.1 Å². The monoisotopic (exact) mass is 387 g/mol. The van der Waals surface area contributed by atoms with Gasteiger partial charge in [0, 0.05) is 13.1 Å². The van der Waals surface area contributed by atoms with E-state index < -0.39 is 28.3 Å². The Bertz CT molecular complexity index is 1030. The van der Waals surface area contributed by atoms with Gasteiger partial charge in [-0.05, 0) is 47.2 Å². The summed E-state index contributed by atoms with van der Waals surface area (Å²) >= 11 is 0. The molecule has 2 aliphatic rings. The lowest BCUT2D eigenvalue weighted by Gasteiger charge is -2.23. The Morgan fingerprint density at radius 2 is 1.89 bits per heavy atom. The van der Waals surface area contributed by atoms with E-state index in [1.54, 1.807) is 13.1 Å². The fraction of sp³-hybridized carbons (Fsp3) is 0.400. The van der Waals surface area contributed by atoms with Crippen molar-refractivity contribution in [2.24, 2.45) is 0 Å². The smallest absolute Gasteiger partial charge is 0.339 e. The lowest BCUT2D eigenvalue weighted by molar-refractivity contribution is -0.134. The van der Waals surface area contributed by atoms with Crippen LogP contribution in [0.3, 0.4) is 0 Å². The van der Waals surface area contributed by atoms with Crippen LogP contribution in [-0.2, 0) is 32.2 Å². The van der Waals surface area contributed by atoms with E-state index in [2.05, 4.69) is 6.07 Å². The predicted molar refractivity (Wildman–Crippen MR) is 101 cm³/mol. The average Bonchev–Trinajstić information content (AvgIpc) is 3.23. The fourth-order valence-electron chi connectivity index (χ4n) is 4.02. The van der Waals surface area contributed by atoms with Gasteiger partial charge in [0.15, 0.2) is 16.4 Å². The maximum Gasteiger partial charge on any atom is 0.339 e. The number of hydrogen-bond acceptors (Lipinski definition) is 5. The highest BCUT2D eigenvalue weighted by atomic mass is 32.2. The molecule has 0 saturated carbocycles. The molecule has 2 aromatic carbocycles. The van der Waals surface area contributed by atoms with Crippen LogP contribution in [0.25, 0.3) is 10.8 Å². The van der Waals surface area contributed by atoms with Gasteiger partial charge in [0.25, 0.3) is 5.91 Å². The Morgan fingerprint density at radius 1 is 1.15 bits per heavy atom. The summed E-state index contributed by atoms with van der Waals surface area (Å²) in [4.78, 5) is 26.3. The molecule has 6 nitrogen and oxygen atoms in total. The summed E-state index contributed by atoms with van der Waals surface area (Å²) < 4.78 is 28.4. The summed E-state index contributed by atoms with van der Waals surface area (Å²) in [7, 11) is -1.52. The van der Waals surface area contributed by atoms with Crippen molar-refractivity contribution in [1.82, 2.24) is 4.90 Å². The summed E-state index contributed by atoms with van der Waals surface area (Å²) in [5, 5.41) is 1.97. The van der Waals surface area contributed by atoms with Crippen molar-refractivity contribution in [3.05, 3.63) is 47.0 Å². The summed E-state index contributed by atoms with van der Waals surface area (Å²) in [5.74, 6) is -0.865. The highest BCUT2D eigenvalue weighted by molar-refractivity contribution is 7.91. The molecule has 1 fully saturated rings. The molecule has 1 aliphatic carbocycles. The number of ether oxygens (including phenoxy) is 1. The van der Waals surface area contributed by atoms with Gasteiger partial charge in [0.2, 0.25) is 0 Å². The normalized spacial score (nSPS) is 20.0. The molecule has 142 valence electrons. The molecule has 1 atom stereocenters. The molecule has 4 rings (SSSR count). The van der Waals surface area contributed by atoms with E-state index in [9.17, 15) is 18.0 Å². The maximum atomic E-state index is 12.6. The van der Waals surface area contributed by atoms with Gasteiger partial charge in [-0.25, -0.2) is 13.2 Å². The van der Waals surface area contributed by atoms with E-state index in [0.717, 1.165) is 23.6 Å². The second-order valence-electron chi connectivity index (χ2n) is 7.25. The van der Waals surface area contributed by atoms with Crippen LogP contribution in [0.1, 0.15) is 27.9 Å². The van der Waals surface area contributed by atoms with E-state index in [4.69, 9.17) is 4.74 Å². The number of amides is 1. The van der Waals surface area contributed by atoms with Crippen LogP contribution in [0.2, 0.25) is 0 Å². The third kappa shape index (κ3) is 3.32. The Balaban J connectivity index is 1.46. The zero-order chi connectivity index (χ0) is 19.2. The average molecular weight is 387 g/mol. The van der Waals surface area contributed by atoms with Crippen LogP contribution in [0, 0.1) is 0 Å². The van der Waals surface area contributed by atoms with Crippen LogP contribution in [0.4, 0.5) is 0 Å². The molecular weight excluding hydrogens is 366 g/mol. The van der Waals surface area contributed by atoms with Crippen LogP contribution in [0.15, 0.2) is 30.3 Å². The molecule has 2 aromatic rings. The number of hydrogen-bond donors (Lipinski definition) is 0. The third-order valence-corrected chi connectivity index (χ3v) is 7.32. The fourth-order valence-corrected chi connectivity index (χ4v) is 5.79. The minimum atomic E-state index is -3.08. The molecule has 1 unspecified atom stereocenters. The Morgan fingerprint density at radius 3 is 2.59 bits per heavy atom. The van der Waals surface area contributed by atoms with Crippen molar-refractivity contribution >= 4 is 32.5 Å². The molecule has 1 heterocycles. The Kier molecular flexibility index (Phi) is 4.42. The van der Waals surface area contributed by atoms with E-state index in [1.807, 2.05) is 18.2 Å². The van der Waals surface area contributed by atoms with E-state index in [1.165, 1.54) is 16.0 Å². The summed E-state index contributed by atoms with van der Waals surface area (Å²) in [5.41, 5.74) is 2.92. The van der Waals surface area contributed by atoms with Crippen molar-refractivity contribution in [3.63, 3.8) is 0 Å². The molecular formula is C20H21NO5S. The van der Waals surface area contributed by atoms with Gasteiger partial charge in [-0.1, -0.05) is 24.3 Å². The number of benzene rings is 2. The molecule has 0 spiro atoms. The molecule has 0 bridgehead atoms. The Labute approximate surface area is 158 Å². The summed E-state index contributed by atoms with van der Waals surface area (Å²) in [6, 6.07) is 9.27. The molecule has 0 radical (unpaired) electrons. The van der Waals surface area contributed by atoms with Gasteiger partial charge in [-0.15, -0.1) is 0 Å². The standard InChI is InChI=1S/C20H21NO5S/c1-21(15-9-10-27(24,25)12-15)18(22)11-26-20(23)17-8-7-14-6-5-13-3-2-4-16(17)19(13)14/h2-4,7-8,15H,5-6,9-12H2,1H3. The quantitative estimate of drug-likeness (QED) is 0.747. The summed E-state index contributed by atoms with van der Waals surface area (Å²) in [6.45, 7) is -0.394. The van der Waals surface area contributed by atoms with Crippen LogP contribution in [0.5, 0.6) is 0 Å². The number of likely N-dealkylation sites (N-methyl/N-ethyl adjacent to an activating group) is 1. The van der Waals surface area contributed by atoms with Crippen molar-refractivity contribution in [2.45, 2.75) is 25.3 Å². The number of nitrogens with zero attached hydrogens (tertiary/aromatic N) is 1. The SMILES string of the molecule is CN(C(=O)COC(=O)c1ccc2c3c(cccc13)CC2)C1CCS(=O)(=O)C1. The second-order valence-corrected chi connectivity index (χ2v) is 9.48. The second kappa shape index (κ2) is 6.64. The highest BCUT2D eigenvalue weighted by Gasteiger charge is 2.33. The first-order valence-electron chi connectivity index (χ1n) is 9.02. The number of esters is 1. The first-order chi connectivity index (χ1) is 12.9. The number of carbonyl (C=O) groups is 2. The first kappa shape index (κ1) is 18.0. The van der Waals surface area contributed by atoms with Crippen molar-refractivity contribution < 1.29 is 22.7 Å². The van der Waals surface area contributed by atoms with Crippen molar-refractivity contribution in [2.75, 3.05) is 25.2 Å². The maximum absolute atomic E-state index is 12.6. The van der Waals surface area contributed by atoms with Crippen molar-refractivity contribution in [1.29, 1.82) is 0 Å². The molecule has 7 heteroatoms. The lowest BCUT2D eigenvalue weighted by atomic mass is 10.00. The number of carbonyl (C=O) groups excluding carboxylic acids is 2. The molecule has 0 N–H and O–H groups in total. The van der Waals surface area contributed by atoms with E-state index in [-0.39, 0.29) is 17.5 Å². The van der Waals surface area contributed by atoms with Crippen LogP contribution in [-0.4, -0.2) is 56.4 Å². The first-order valence-corrected chi connectivity index (χ1v) is 10.8. The van der Waals surface area contributed by atoms with Gasteiger partial charge in [-0.3, -0.25) is 4.79 Å². The summed E-state index contributed by atoms with van der Waals surface area (Å²) in [6.07, 6.45) is 2.37. The zero-order valence-corrected chi connectivity index (χ0v) is 15.9. The zero-order valence-electron chi connectivity index (χ0n) is 15.1. The molecule has 1 saturated heterocycles. The molecule has 27 heavy (non-hydrogen) atoms. The molecule has 0 aromatic heterocycles. The number of aryl methyl sites for hydroxylation is 2. The Hall–Kier alpha value is -2.41. The van der Waals surface area contributed by atoms with E-state index >= 15 is 0 Å². The minimum Gasteiger partial charge on any atom is -0.452 e. The van der Waals surface area contributed by atoms with E-state index in [0.29, 0.717) is 12.0 Å². The predicted octanol–water partition coefficient (Wildman–Crippen LogP) is 1.74. The minimum absolute atomic E-state index is 0.0297. The topological polar surface area (TPSA) is 80.8 Å². The van der Waals surface area contributed by atoms with Gasteiger partial charge in [-0.2, -0.15) is 0 Å². The van der Waals surface area contributed by atoms with Crippen LogP contribution < -0.4 is 0 Å². The van der Waals surface area contributed by atoms with Crippen LogP contribution >= 0.6 is 0 Å².